The first-order valence-corrected chi connectivity index (χ1v) is 5.03. The highest BCUT2D eigenvalue weighted by Gasteiger charge is 2.15. The Labute approximate surface area is 89.1 Å². The second-order valence-electron chi connectivity index (χ2n) is 3.20. The molecule has 0 radical (unpaired) electrons. The molecule has 15 heavy (non-hydrogen) atoms. The lowest BCUT2D eigenvalue weighted by Gasteiger charge is -2.00. The van der Waals surface area contributed by atoms with Crippen molar-refractivity contribution in [3.8, 4) is 0 Å². The molecule has 0 heterocycles. The standard InChI is InChI=1S/C10H17NO4/c1-3-4-5-6-7-15-11-9(8(2)12)10(13)14/h3-7H2,1-2H3,(H,13,14). The summed E-state index contributed by atoms with van der Waals surface area (Å²) in [4.78, 5) is 26.0. The first-order valence-electron chi connectivity index (χ1n) is 5.03. The normalized spacial score (nSPS) is 11.2. The third-order valence-electron chi connectivity index (χ3n) is 1.78. The van der Waals surface area contributed by atoms with Gasteiger partial charge in [-0.05, 0) is 12.8 Å². The number of hydrogen-bond donors (Lipinski definition) is 1. The Balaban J connectivity index is 3.82. The molecule has 5 heteroatoms. The van der Waals surface area contributed by atoms with Gasteiger partial charge in [-0.1, -0.05) is 24.9 Å². The van der Waals surface area contributed by atoms with Gasteiger partial charge in [0.15, 0.2) is 5.78 Å². The monoisotopic (exact) mass is 215 g/mol. The van der Waals surface area contributed by atoms with Crippen molar-refractivity contribution < 1.29 is 19.5 Å². The first-order chi connectivity index (χ1) is 7.09. The fraction of sp³-hybridized carbons (Fsp3) is 0.700. The second kappa shape index (κ2) is 7.96. The van der Waals surface area contributed by atoms with Crippen molar-refractivity contribution in [2.24, 2.45) is 5.16 Å². The van der Waals surface area contributed by atoms with Crippen molar-refractivity contribution >= 4 is 17.5 Å². The van der Waals surface area contributed by atoms with Crippen LogP contribution in [-0.4, -0.2) is 29.2 Å². The number of unbranched alkanes of at least 4 members (excludes halogenated alkanes) is 3. The SMILES string of the molecule is CCCCCCON=C(C(C)=O)C(=O)O. The molecule has 0 bridgehead atoms. The highest BCUT2D eigenvalue weighted by Crippen LogP contribution is 1.99. The van der Waals surface area contributed by atoms with Crippen LogP contribution in [0.15, 0.2) is 5.16 Å². The number of ketones is 1. The second-order valence-corrected chi connectivity index (χ2v) is 3.20. The van der Waals surface area contributed by atoms with E-state index in [0.29, 0.717) is 6.61 Å². The summed E-state index contributed by atoms with van der Waals surface area (Å²) in [5, 5.41) is 11.8. The molecule has 86 valence electrons. The molecule has 0 saturated heterocycles. The Morgan fingerprint density at radius 2 is 1.93 bits per heavy atom. The van der Waals surface area contributed by atoms with Gasteiger partial charge in [-0.3, -0.25) is 4.79 Å². The predicted molar refractivity (Wildman–Crippen MR) is 55.8 cm³/mol. The van der Waals surface area contributed by atoms with Gasteiger partial charge < -0.3 is 9.94 Å². The van der Waals surface area contributed by atoms with E-state index in [1.54, 1.807) is 0 Å². The minimum atomic E-state index is -1.35. The van der Waals surface area contributed by atoms with E-state index in [2.05, 4.69) is 12.1 Å². The van der Waals surface area contributed by atoms with Gasteiger partial charge in [0.25, 0.3) is 0 Å². The van der Waals surface area contributed by atoms with Crippen LogP contribution < -0.4 is 0 Å². The lowest BCUT2D eigenvalue weighted by molar-refractivity contribution is -0.130. The molecule has 0 aromatic carbocycles. The van der Waals surface area contributed by atoms with Crippen LogP contribution in [0.2, 0.25) is 0 Å². The van der Waals surface area contributed by atoms with Crippen LogP contribution in [0.5, 0.6) is 0 Å². The van der Waals surface area contributed by atoms with Crippen LogP contribution in [0.1, 0.15) is 39.5 Å². The highest BCUT2D eigenvalue weighted by atomic mass is 16.6. The number of carbonyl (C=O) groups excluding carboxylic acids is 1. The summed E-state index contributed by atoms with van der Waals surface area (Å²) in [5.74, 6) is -1.95. The molecule has 0 aromatic rings. The number of rotatable bonds is 8. The van der Waals surface area contributed by atoms with Gasteiger partial charge in [0.2, 0.25) is 5.71 Å². The first kappa shape index (κ1) is 13.6. The van der Waals surface area contributed by atoms with E-state index >= 15 is 0 Å². The van der Waals surface area contributed by atoms with Crippen LogP contribution in [0.4, 0.5) is 0 Å². The minimum Gasteiger partial charge on any atom is -0.476 e. The topological polar surface area (TPSA) is 76.0 Å². The number of Topliss-reactive ketones (excluding diaryl/α,β-unsaturated/α-hetero) is 1. The van der Waals surface area contributed by atoms with Crippen molar-refractivity contribution in [2.75, 3.05) is 6.61 Å². The summed E-state index contributed by atoms with van der Waals surface area (Å²) in [6.45, 7) is 3.59. The lowest BCUT2D eigenvalue weighted by atomic mass is 10.2. The van der Waals surface area contributed by atoms with Crippen molar-refractivity contribution in [1.82, 2.24) is 0 Å². The maximum absolute atomic E-state index is 10.8. The summed E-state index contributed by atoms with van der Waals surface area (Å²) >= 11 is 0. The number of aliphatic carboxylic acids is 1. The molecular weight excluding hydrogens is 198 g/mol. The summed E-state index contributed by atoms with van der Waals surface area (Å²) in [6.07, 6.45) is 4.08. The van der Waals surface area contributed by atoms with E-state index in [1.807, 2.05) is 0 Å². The number of oxime groups is 1. The van der Waals surface area contributed by atoms with Crippen LogP contribution >= 0.6 is 0 Å². The molecular formula is C10H17NO4. The molecule has 0 fully saturated rings. The molecule has 0 atom stereocenters. The molecule has 0 aliphatic rings. The largest absolute Gasteiger partial charge is 0.476 e. The predicted octanol–water partition coefficient (Wildman–Crippen LogP) is 1.61. The molecule has 1 N–H and O–H groups in total. The zero-order valence-electron chi connectivity index (χ0n) is 9.15. The van der Waals surface area contributed by atoms with Crippen molar-refractivity contribution in [3.63, 3.8) is 0 Å². The summed E-state index contributed by atoms with van der Waals surface area (Å²) < 4.78 is 0. The maximum Gasteiger partial charge on any atom is 0.361 e. The molecule has 0 aliphatic carbocycles. The Kier molecular flexibility index (Phi) is 7.23. The number of nitrogens with zero attached hydrogens (tertiary/aromatic N) is 1. The Bertz CT molecular complexity index is 232. The lowest BCUT2D eigenvalue weighted by Crippen LogP contribution is -2.21. The van der Waals surface area contributed by atoms with E-state index in [-0.39, 0.29) is 0 Å². The minimum absolute atomic E-state index is 0.351. The van der Waals surface area contributed by atoms with Gasteiger partial charge in [0, 0.05) is 6.92 Å². The molecule has 0 aromatic heterocycles. The number of carboxylic acid groups (broad SMARTS) is 1. The third kappa shape index (κ3) is 6.65. The average Bonchev–Trinajstić information content (AvgIpc) is 2.15. The van der Waals surface area contributed by atoms with Crippen LogP contribution in [0.3, 0.4) is 0 Å². The zero-order valence-corrected chi connectivity index (χ0v) is 9.15. The van der Waals surface area contributed by atoms with E-state index in [9.17, 15) is 9.59 Å². The van der Waals surface area contributed by atoms with Gasteiger partial charge in [-0.25, -0.2) is 4.79 Å². The fourth-order valence-corrected chi connectivity index (χ4v) is 0.957. The van der Waals surface area contributed by atoms with Gasteiger partial charge in [-0.2, -0.15) is 0 Å². The summed E-state index contributed by atoms with van der Waals surface area (Å²) in [5.41, 5.74) is -0.550. The summed E-state index contributed by atoms with van der Waals surface area (Å²) in [7, 11) is 0. The molecule has 0 spiro atoms. The Hall–Kier alpha value is -1.39. The van der Waals surface area contributed by atoms with E-state index in [4.69, 9.17) is 9.94 Å². The van der Waals surface area contributed by atoms with Crippen LogP contribution in [0, 0.1) is 0 Å². The Morgan fingerprint density at radius 1 is 1.27 bits per heavy atom. The van der Waals surface area contributed by atoms with Gasteiger partial charge in [-0.15, -0.1) is 0 Å². The van der Waals surface area contributed by atoms with E-state index in [0.717, 1.165) is 32.6 Å². The van der Waals surface area contributed by atoms with Crippen molar-refractivity contribution in [1.29, 1.82) is 0 Å². The number of carboxylic acids is 1. The third-order valence-corrected chi connectivity index (χ3v) is 1.78. The summed E-state index contributed by atoms with van der Waals surface area (Å²) in [6, 6.07) is 0. The molecule has 5 nitrogen and oxygen atoms in total. The van der Waals surface area contributed by atoms with Gasteiger partial charge in [0.1, 0.15) is 6.61 Å². The van der Waals surface area contributed by atoms with Gasteiger partial charge >= 0.3 is 5.97 Å². The van der Waals surface area contributed by atoms with E-state index in [1.165, 1.54) is 0 Å². The molecule has 0 aliphatic heterocycles. The van der Waals surface area contributed by atoms with Crippen molar-refractivity contribution in [2.45, 2.75) is 39.5 Å². The molecule has 0 unspecified atom stereocenters. The van der Waals surface area contributed by atoms with Crippen molar-refractivity contribution in [3.05, 3.63) is 0 Å². The zero-order chi connectivity index (χ0) is 11.7. The quantitative estimate of drug-likeness (QED) is 0.289. The molecule has 0 amide bonds. The fourth-order valence-electron chi connectivity index (χ4n) is 0.957. The van der Waals surface area contributed by atoms with Gasteiger partial charge in [0.05, 0.1) is 0 Å². The molecule has 0 rings (SSSR count). The number of carbonyl (C=O) groups is 2. The Morgan fingerprint density at radius 3 is 2.40 bits per heavy atom. The highest BCUT2D eigenvalue weighted by molar-refractivity contribution is 6.63. The molecule has 0 saturated carbocycles. The van der Waals surface area contributed by atoms with Crippen LogP contribution in [0.25, 0.3) is 0 Å². The average molecular weight is 215 g/mol. The maximum atomic E-state index is 10.8. The van der Waals surface area contributed by atoms with E-state index < -0.39 is 17.5 Å². The van der Waals surface area contributed by atoms with Crippen LogP contribution in [-0.2, 0) is 14.4 Å². The smallest absolute Gasteiger partial charge is 0.361 e. The number of hydrogen-bond acceptors (Lipinski definition) is 4.